The Bertz CT molecular complexity index is 2300. The van der Waals surface area contributed by atoms with Crippen molar-refractivity contribution in [2.75, 3.05) is 6.61 Å². The first-order valence-electron chi connectivity index (χ1n) is 21.7. The first-order chi connectivity index (χ1) is 29.9. The van der Waals surface area contributed by atoms with Crippen molar-refractivity contribution in [3.63, 3.8) is 0 Å². The highest BCUT2D eigenvalue weighted by Crippen LogP contribution is 2.91. The van der Waals surface area contributed by atoms with E-state index in [0.717, 1.165) is 20.8 Å². The number of ether oxygens (including phenoxy) is 10. The molecule has 4 aliphatic heterocycles. The number of esters is 7. The minimum Gasteiger partial charge on any atom is -0.512 e. The van der Waals surface area contributed by atoms with E-state index in [0.29, 0.717) is 0 Å². The molecule has 8 fully saturated rings. The fourth-order valence-corrected chi connectivity index (χ4v) is 14.2. The smallest absolute Gasteiger partial charge is 0.338 e. The van der Waals surface area contributed by atoms with E-state index in [1.165, 1.54) is 32.4 Å². The van der Waals surface area contributed by atoms with Gasteiger partial charge in [0, 0.05) is 57.4 Å². The Balaban J connectivity index is 1.54. The fourth-order valence-electron chi connectivity index (χ4n) is 14.2. The Hall–Kier alpha value is -5.01. The van der Waals surface area contributed by atoms with Crippen molar-refractivity contribution < 1.29 is 90.5 Å². The van der Waals surface area contributed by atoms with Crippen LogP contribution in [0.25, 0.3) is 0 Å². The number of allylic oxidation sites excluding steroid dienone is 1. The lowest BCUT2D eigenvalue weighted by atomic mass is 9.31. The molecule has 1 N–H and O–H groups in total. The number of hydrogen-bond acceptors (Lipinski definition) is 19. The van der Waals surface area contributed by atoms with Gasteiger partial charge in [0.15, 0.2) is 35.6 Å². The molecule has 0 aromatic carbocycles. The molecule has 4 aliphatic carbocycles. The lowest BCUT2D eigenvalue weighted by Gasteiger charge is -2.79. The van der Waals surface area contributed by atoms with Gasteiger partial charge in [0.1, 0.15) is 24.1 Å². The van der Waals surface area contributed by atoms with Crippen LogP contribution < -0.4 is 0 Å². The molecule has 4 spiro atoms. The number of aliphatic hydroxyl groups excluding tert-OH is 1. The predicted molar refractivity (Wildman–Crippen MR) is 208 cm³/mol. The minimum absolute atomic E-state index is 0.155. The normalized spacial score (nSPS) is 45.1. The highest BCUT2D eigenvalue weighted by Gasteiger charge is 3.09. The molecule has 0 radical (unpaired) electrons. The summed E-state index contributed by atoms with van der Waals surface area (Å²) in [6.07, 6.45) is -6.90. The summed E-state index contributed by atoms with van der Waals surface area (Å²) < 4.78 is 73.0. The molecule has 8 aliphatic rings. The molecule has 15 unspecified atom stereocenters. The standard InChI is InChI=1S/C45H54O19/c1-12-25(49)28-29-39(10,30(56-21(6)46)24-13-14-54-16-24)31(58-33(51)19(2)3)32(59-34(52)20(4)5)45-41-18-55-27(50)15-26(41)38(9)17-42(41)44(61-23(8)48,36(38)57-22(7)47)37(60-35(28)53)43(29,45)63-40(11,62-42)64-45/h13-14,16,19-20,26,29-32,36-37,49H,12,15,17-18H2,1-11H3. The largest absolute Gasteiger partial charge is 0.512 e. The third kappa shape index (κ3) is 4.80. The number of carbonyl (C=O) groups is 7. The zero-order valence-corrected chi connectivity index (χ0v) is 37.6. The molecule has 5 heterocycles. The Morgan fingerprint density at radius 2 is 1.53 bits per heavy atom. The third-order valence-electron chi connectivity index (χ3n) is 15.7. The summed E-state index contributed by atoms with van der Waals surface area (Å²) >= 11 is 0. The van der Waals surface area contributed by atoms with Gasteiger partial charge in [-0.1, -0.05) is 48.5 Å². The van der Waals surface area contributed by atoms with Gasteiger partial charge in [-0.05, 0) is 18.4 Å². The van der Waals surface area contributed by atoms with E-state index < -0.39 is 159 Å². The van der Waals surface area contributed by atoms with Crippen LogP contribution in [0.3, 0.4) is 0 Å². The van der Waals surface area contributed by atoms with Gasteiger partial charge < -0.3 is 56.9 Å². The van der Waals surface area contributed by atoms with Crippen LogP contribution in [0.1, 0.15) is 107 Å². The fraction of sp³-hybridized carbons (Fsp3) is 0.711. The van der Waals surface area contributed by atoms with Gasteiger partial charge in [0.05, 0.1) is 40.8 Å². The zero-order valence-electron chi connectivity index (χ0n) is 37.6. The van der Waals surface area contributed by atoms with E-state index in [1.807, 2.05) is 0 Å². The Labute approximate surface area is 368 Å². The Morgan fingerprint density at radius 1 is 0.875 bits per heavy atom. The quantitative estimate of drug-likeness (QED) is 0.151. The summed E-state index contributed by atoms with van der Waals surface area (Å²) in [4.78, 5) is 99.1. The van der Waals surface area contributed by atoms with Crippen LogP contribution in [0, 0.1) is 39.9 Å². The maximum atomic E-state index is 15.4. The number of cyclic esters (lactones) is 1. The maximum absolute atomic E-state index is 15.4. The molecule has 9 rings (SSSR count). The molecule has 64 heavy (non-hydrogen) atoms. The molecule has 15 atom stereocenters. The third-order valence-corrected chi connectivity index (χ3v) is 15.7. The minimum atomic E-state index is -2.46. The van der Waals surface area contributed by atoms with Crippen LogP contribution in [0.5, 0.6) is 0 Å². The van der Waals surface area contributed by atoms with Crippen LogP contribution in [-0.4, -0.2) is 106 Å². The highest BCUT2D eigenvalue weighted by molar-refractivity contribution is 5.93. The van der Waals surface area contributed by atoms with Gasteiger partial charge in [0.25, 0.3) is 5.97 Å². The number of hydrogen-bond donors (Lipinski definition) is 1. The topological polar surface area (TPSA) is 245 Å². The summed E-state index contributed by atoms with van der Waals surface area (Å²) in [5.41, 5.74) is -14.9. The van der Waals surface area contributed by atoms with Crippen molar-refractivity contribution in [3.05, 3.63) is 35.5 Å². The summed E-state index contributed by atoms with van der Waals surface area (Å²) in [7, 11) is 0. The van der Waals surface area contributed by atoms with Gasteiger partial charge >= 0.3 is 41.8 Å². The monoisotopic (exact) mass is 898 g/mol. The van der Waals surface area contributed by atoms with Gasteiger partial charge in [-0.3, -0.25) is 28.8 Å². The van der Waals surface area contributed by atoms with Crippen LogP contribution in [-0.2, 0) is 80.9 Å². The van der Waals surface area contributed by atoms with Crippen molar-refractivity contribution in [3.8, 4) is 0 Å². The number of rotatable bonds is 10. The molecule has 19 nitrogen and oxygen atoms in total. The molecule has 4 bridgehead atoms. The van der Waals surface area contributed by atoms with Gasteiger partial charge in [-0.2, -0.15) is 0 Å². The number of furan rings is 1. The summed E-state index contributed by atoms with van der Waals surface area (Å²) in [5.74, 6) is -13.3. The van der Waals surface area contributed by atoms with Crippen LogP contribution in [0.4, 0.5) is 0 Å². The Morgan fingerprint density at radius 3 is 2.09 bits per heavy atom. The SMILES string of the molecule is CCC(O)=C1C(=O)OC2C3(OC(C)=O)C(OC(C)=O)C4(C)CC35OC3(C)OC26C1C(C)(C(OC(C)=O)c1ccoc1)C(OC(=O)C(C)C)C(OC(=O)C(C)C)C6(O3)C51COC(=O)CC41. The molecule has 4 saturated carbocycles. The van der Waals surface area contributed by atoms with E-state index in [9.17, 15) is 33.9 Å². The van der Waals surface area contributed by atoms with Crippen molar-refractivity contribution >= 4 is 41.8 Å². The average Bonchev–Trinajstić information content (AvgIpc) is 3.91. The molecule has 1 aromatic heterocycles. The summed E-state index contributed by atoms with van der Waals surface area (Å²) in [6.45, 7) is 15.4. The van der Waals surface area contributed by atoms with Gasteiger partial charge in [0.2, 0.25) is 5.60 Å². The number of aliphatic hydroxyl groups is 1. The molecular weight excluding hydrogens is 844 g/mol. The second-order valence-corrected chi connectivity index (χ2v) is 19.8. The second kappa shape index (κ2) is 13.5. The van der Waals surface area contributed by atoms with E-state index in [1.54, 1.807) is 41.5 Å². The van der Waals surface area contributed by atoms with Crippen molar-refractivity contribution in [2.45, 2.75) is 154 Å². The molecule has 4 saturated heterocycles. The first-order valence-corrected chi connectivity index (χ1v) is 21.7. The highest BCUT2D eigenvalue weighted by atomic mass is 16.9. The predicted octanol–water partition coefficient (Wildman–Crippen LogP) is 3.99. The van der Waals surface area contributed by atoms with Crippen molar-refractivity contribution in [2.24, 2.45) is 39.9 Å². The van der Waals surface area contributed by atoms with Crippen molar-refractivity contribution in [1.29, 1.82) is 0 Å². The summed E-state index contributed by atoms with van der Waals surface area (Å²) in [5, 5.41) is 12.2. The van der Waals surface area contributed by atoms with Gasteiger partial charge in [-0.15, -0.1) is 0 Å². The second-order valence-electron chi connectivity index (χ2n) is 19.8. The number of fused-ring (bicyclic) bond motifs is 4. The molecule has 348 valence electrons. The lowest BCUT2D eigenvalue weighted by molar-refractivity contribution is -0.498. The van der Waals surface area contributed by atoms with Crippen molar-refractivity contribution in [1.82, 2.24) is 0 Å². The van der Waals surface area contributed by atoms with Crippen LogP contribution in [0.15, 0.2) is 34.3 Å². The van der Waals surface area contributed by atoms with E-state index in [-0.39, 0.29) is 24.8 Å². The zero-order chi connectivity index (χ0) is 46.7. The molecule has 0 amide bonds. The molecular formula is C45H54O19. The number of carbonyl (C=O) groups excluding carboxylic acids is 7. The average molecular weight is 899 g/mol. The van der Waals surface area contributed by atoms with E-state index in [2.05, 4.69) is 0 Å². The van der Waals surface area contributed by atoms with Crippen LogP contribution in [0.2, 0.25) is 0 Å². The molecule has 1 aromatic rings. The van der Waals surface area contributed by atoms with Gasteiger partial charge in [-0.25, -0.2) is 4.79 Å². The molecule has 19 heteroatoms. The van der Waals surface area contributed by atoms with E-state index >= 15 is 4.79 Å². The van der Waals surface area contributed by atoms with Crippen LogP contribution >= 0.6 is 0 Å². The van der Waals surface area contributed by atoms with E-state index in [4.69, 9.17) is 51.8 Å². The Kier molecular flexibility index (Phi) is 9.34. The summed E-state index contributed by atoms with van der Waals surface area (Å²) in [6, 6.07) is 1.49. The lowest BCUT2D eigenvalue weighted by Crippen LogP contribution is -2.99. The first kappa shape index (κ1) is 44.2. The maximum Gasteiger partial charge on any atom is 0.338 e.